The largest absolute Gasteiger partial charge is 0.466 e. The molecular formula is C13H14BrClO3. The summed E-state index contributed by atoms with van der Waals surface area (Å²) < 4.78 is 5.69. The van der Waals surface area contributed by atoms with E-state index in [1.165, 1.54) is 0 Å². The minimum atomic E-state index is -0.618. The number of hydrogen-bond donors (Lipinski definition) is 0. The van der Waals surface area contributed by atoms with Crippen LogP contribution in [0.5, 0.6) is 0 Å². The number of esters is 1. The molecule has 0 N–H and O–H groups in total. The lowest BCUT2D eigenvalue weighted by molar-refractivity contribution is -0.142. The molecule has 1 rings (SSSR count). The Kier molecular flexibility index (Phi) is 5.82. The maximum atomic E-state index is 11.9. The van der Waals surface area contributed by atoms with Crippen molar-refractivity contribution in [2.45, 2.75) is 25.6 Å². The lowest BCUT2D eigenvalue weighted by atomic mass is 9.99. The zero-order valence-electron chi connectivity index (χ0n) is 10.2. The van der Waals surface area contributed by atoms with Crippen molar-refractivity contribution in [1.29, 1.82) is 0 Å². The number of benzene rings is 1. The molecule has 0 saturated heterocycles. The number of carbonyl (C=O) groups excluding carboxylic acids is 2. The minimum absolute atomic E-state index is 0.0674. The summed E-state index contributed by atoms with van der Waals surface area (Å²) >= 11 is 9.11. The van der Waals surface area contributed by atoms with Gasteiger partial charge >= 0.3 is 5.97 Å². The molecule has 0 spiro atoms. The van der Waals surface area contributed by atoms with E-state index in [0.29, 0.717) is 17.7 Å². The Balaban J connectivity index is 3.04. The molecule has 0 saturated carbocycles. The minimum Gasteiger partial charge on any atom is -0.466 e. The summed E-state index contributed by atoms with van der Waals surface area (Å²) in [7, 11) is 0. The van der Waals surface area contributed by atoms with E-state index >= 15 is 0 Å². The van der Waals surface area contributed by atoms with Gasteiger partial charge in [-0.1, -0.05) is 15.9 Å². The molecule has 0 aliphatic carbocycles. The summed E-state index contributed by atoms with van der Waals surface area (Å²) in [6, 6.07) is 5.16. The number of ether oxygens (including phenoxy) is 1. The van der Waals surface area contributed by atoms with Crippen molar-refractivity contribution in [2.75, 3.05) is 6.61 Å². The van der Waals surface area contributed by atoms with Gasteiger partial charge < -0.3 is 4.74 Å². The van der Waals surface area contributed by atoms with Gasteiger partial charge in [-0.2, -0.15) is 0 Å². The number of ketones is 1. The summed E-state index contributed by atoms with van der Waals surface area (Å²) in [5, 5.41) is -0.618. The molecule has 1 aromatic rings. The van der Waals surface area contributed by atoms with Crippen LogP contribution in [0.15, 0.2) is 22.7 Å². The fourth-order valence-corrected chi connectivity index (χ4v) is 2.06. The first kappa shape index (κ1) is 15.2. The van der Waals surface area contributed by atoms with E-state index in [1.54, 1.807) is 32.0 Å². The van der Waals surface area contributed by atoms with E-state index in [4.69, 9.17) is 16.3 Å². The molecular weight excluding hydrogens is 319 g/mol. The van der Waals surface area contributed by atoms with E-state index < -0.39 is 5.38 Å². The summed E-state index contributed by atoms with van der Waals surface area (Å²) in [4.78, 5) is 23.4. The molecule has 1 unspecified atom stereocenters. The monoisotopic (exact) mass is 332 g/mol. The predicted octanol–water partition coefficient (Wildman–Crippen LogP) is 3.36. The van der Waals surface area contributed by atoms with Crippen molar-refractivity contribution in [1.82, 2.24) is 0 Å². The molecule has 98 valence electrons. The highest BCUT2D eigenvalue weighted by Gasteiger charge is 2.18. The van der Waals surface area contributed by atoms with Crippen LogP contribution in [-0.4, -0.2) is 23.7 Å². The molecule has 0 amide bonds. The molecule has 0 aromatic heterocycles. The zero-order chi connectivity index (χ0) is 13.7. The highest BCUT2D eigenvalue weighted by molar-refractivity contribution is 9.10. The van der Waals surface area contributed by atoms with Gasteiger partial charge in [0.1, 0.15) is 0 Å². The number of alkyl halides is 1. The molecule has 0 aliphatic rings. The van der Waals surface area contributed by atoms with Crippen molar-refractivity contribution < 1.29 is 14.3 Å². The summed E-state index contributed by atoms with van der Waals surface area (Å²) in [5.41, 5.74) is 1.09. The van der Waals surface area contributed by atoms with Crippen LogP contribution in [0.1, 0.15) is 29.8 Å². The zero-order valence-corrected chi connectivity index (χ0v) is 12.5. The second-order valence-corrected chi connectivity index (χ2v) is 5.33. The molecule has 0 fully saturated rings. The average molecular weight is 334 g/mol. The van der Waals surface area contributed by atoms with E-state index in [0.717, 1.165) is 4.47 Å². The molecule has 0 aliphatic heterocycles. The second-order valence-electron chi connectivity index (χ2n) is 3.76. The second kappa shape index (κ2) is 6.90. The van der Waals surface area contributed by atoms with Gasteiger partial charge in [-0.25, -0.2) is 0 Å². The van der Waals surface area contributed by atoms with Crippen molar-refractivity contribution in [3.05, 3.63) is 33.8 Å². The van der Waals surface area contributed by atoms with Crippen LogP contribution in [0.25, 0.3) is 0 Å². The van der Waals surface area contributed by atoms with Crippen molar-refractivity contribution in [3.8, 4) is 0 Å². The molecule has 0 bridgehead atoms. The van der Waals surface area contributed by atoms with Crippen LogP contribution in [-0.2, 0) is 16.0 Å². The molecule has 3 nitrogen and oxygen atoms in total. The third kappa shape index (κ3) is 4.10. The van der Waals surface area contributed by atoms with Crippen LogP contribution >= 0.6 is 27.5 Å². The first-order valence-electron chi connectivity index (χ1n) is 5.58. The van der Waals surface area contributed by atoms with Gasteiger partial charge in [0.05, 0.1) is 18.4 Å². The van der Waals surface area contributed by atoms with Crippen LogP contribution in [0.4, 0.5) is 0 Å². The third-order valence-corrected chi connectivity index (χ3v) is 3.03. The number of carbonyl (C=O) groups is 2. The standard InChI is InChI=1S/C13H14BrClO3/c1-3-18-12(16)7-9-6-10(14)4-5-11(9)13(17)8(2)15/h4-6,8H,3,7H2,1-2H3. The summed E-state index contributed by atoms with van der Waals surface area (Å²) in [6.07, 6.45) is 0.0674. The Bertz CT molecular complexity index is 458. The number of rotatable bonds is 5. The van der Waals surface area contributed by atoms with Crippen LogP contribution in [0.3, 0.4) is 0 Å². The Hall–Kier alpha value is -0.870. The highest BCUT2D eigenvalue weighted by atomic mass is 79.9. The van der Waals surface area contributed by atoms with E-state index in [9.17, 15) is 9.59 Å². The van der Waals surface area contributed by atoms with Gasteiger partial charge in [0.15, 0.2) is 5.78 Å². The molecule has 1 atom stereocenters. The molecule has 0 radical (unpaired) electrons. The molecule has 18 heavy (non-hydrogen) atoms. The smallest absolute Gasteiger partial charge is 0.310 e. The lowest BCUT2D eigenvalue weighted by Crippen LogP contribution is -2.16. The average Bonchev–Trinajstić information content (AvgIpc) is 2.28. The summed E-state index contributed by atoms with van der Waals surface area (Å²) in [5.74, 6) is -0.546. The van der Waals surface area contributed by atoms with Crippen LogP contribution in [0.2, 0.25) is 0 Å². The first-order valence-corrected chi connectivity index (χ1v) is 6.81. The predicted molar refractivity (Wildman–Crippen MR) is 74.1 cm³/mol. The van der Waals surface area contributed by atoms with Crippen LogP contribution < -0.4 is 0 Å². The van der Waals surface area contributed by atoms with Crippen molar-refractivity contribution in [3.63, 3.8) is 0 Å². The molecule has 5 heteroatoms. The third-order valence-electron chi connectivity index (χ3n) is 2.33. The Morgan fingerprint density at radius 2 is 2.11 bits per heavy atom. The topological polar surface area (TPSA) is 43.4 Å². The van der Waals surface area contributed by atoms with E-state index in [1.807, 2.05) is 0 Å². The normalized spacial score (nSPS) is 12.0. The Labute approximate surface area is 120 Å². The Morgan fingerprint density at radius 1 is 1.44 bits per heavy atom. The van der Waals surface area contributed by atoms with Gasteiger partial charge in [-0.3, -0.25) is 9.59 Å². The highest BCUT2D eigenvalue weighted by Crippen LogP contribution is 2.20. The summed E-state index contributed by atoms with van der Waals surface area (Å²) in [6.45, 7) is 3.67. The lowest BCUT2D eigenvalue weighted by Gasteiger charge is -2.10. The maximum Gasteiger partial charge on any atom is 0.310 e. The SMILES string of the molecule is CCOC(=O)Cc1cc(Br)ccc1C(=O)C(C)Cl. The van der Waals surface area contributed by atoms with Gasteiger partial charge in [-0.15, -0.1) is 11.6 Å². The van der Waals surface area contributed by atoms with Gasteiger partial charge in [0, 0.05) is 10.0 Å². The fourth-order valence-electron chi connectivity index (χ4n) is 1.53. The van der Waals surface area contributed by atoms with Crippen molar-refractivity contribution >= 4 is 39.3 Å². The number of hydrogen-bond acceptors (Lipinski definition) is 3. The van der Waals surface area contributed by atoms with Gasteiger partial charge in [0.25, 0.3) is 0 Å². The van der Waals surface area contributed by atoms with Crippen LogP contribution in [0, 0.1) is 0 Å². The van der Waals surface area contributed by atoms with E-state index in [-0.39, 0.29) is 18.2 Å². The molecule has 1 aromatic carbocycles. The van der Waals surface area contributed by atoms with Gasteiger partial charge in [-0.05, 0) is 37.6 Å². The van der Waals surface area contributed by atoms with Crippen molar-refractivity contribution in [2.24, 2.45) is 0 Å². The first-order chi connectivity index (χ1) is 8.45. The van der Waals surface area contributed by atoms with Gasteiger partial charge in [0.2, 0.25) is 0 Å². The Morgan fingerprint density at radius 3 is 2.67 bits per heavy atom. The number of halogens is 2. The number of Topliss-reactive ketones (excluding diaryl/α,β-unsaturated/α-hetero) is 1. The quantitative estimate of drug-likeness (QED) is 0.471. The van der Waals surface area contributed by atoms with E-state index in [2.05, 4.69) is 15.9 Å². The maximum absolute atomic E-state index is 11.9. The fraction of sp³-hybridized carbons (Fsp3) is 0.385. The molecule has 0 heterocycles.